The molecule has 1 aromatic heterocycles. The fraction of sp³-hybridized carbons (Fsp3) is 0.412. The summed E-state index contributed by atoms with van der Waals surface area (Å²) >= 11 is 0. The van der Waals surface area contributed by atoms with Crippen molar-refractivity contribution in [2.75, 3.05) is 18.5 Å². The predicted octanol–water partition coefficient (Wildman–Crippen LogP) is 3.07. The standard InChI is InChI=1S/C17H22F2N4O2/c1-11(2)10-23-15(16(18)19)14(9-21-23)17(24)22-12-3-5-13(6-4-12)25-8-7-20/h3-6,9,11,16H,7-8,10,20H2,1-2H3,(H,22,24). The number of aromatic nitrogens is 2. The summed E-state index contributed by atoms with van der Waals surface area (Å²) in [5.74, 6) is 0.122. The number of benzene rings is 1. The maximum atomic E-state index is 13.4. The minimum atomic E-state index is -2.78. The minimum Gasteiger partial charge on any atom is -0.492 e. The van der Waals surface area contributed by atoms with Gasteiger partial charge in [0.2, 0.25) is 0 Å². The molecule has 2 rings (SSSR count). The quantitative estimate of drug-likeness (QED) is 0.765. The number of hydrogen-bond acceptors (Lipinski definition) is 4. The van der Waals surface area contributed by atoms with Gasteiger partial charge < -0.3 is 15.8 Å². The molecule has 0 aliphatic heterocycles. The number of carbonyl (C=O) groups excluding carboxylic acids is 1. The molecule has 0 saturated carbocycles. The molecule has 0 aliphatic rings. The molecule has 2 aromatic rings. The number of rotatable bonds is 8. The lowest BCUT2D eigenvalue weighted by molar-refractivity contribution is 0.100. The van der Waals surface area contributed by atoms with Crippen LogP contribution in [0.3, 0.4) is 0 Å². The van der Waals surface area contributed by atoms with Crippen LogP contribution in [0.25, 0.3) is 0 Å². The molecule has 3 N–H and O–H groups in total. The third kappa shape index (κ3) is 4.99. The van der Waals surface area contributed by atoms with Gasteiger partial charge in [-0.25, -0.2) is 8.78 Å². The summed E-state index contributed by atoms with van der Waals surface area (Å²) in [5, 5.41) is 6.53. The molecule has 8 heteroatoms. The van der Waals surface area contributed by atoms with Crippen LogP contribution in [0.15, 0.2) is 30.5 Å². The van der Waals surface area contributed by atoms with Crippen molar-refractivity contribution in [3.8, 4) is 5.75 Å². The molecule has 0 spiro atoms. The second-order valence-corrected chi connectivity index (χ2v) is 5.94. The highest BCUT2D eigenvalue weighted by atomic mass is 19.3. The molecule has 136 valence electrons. The largest absolute Gasteiger partial charge is 0.492 e. The van der Waals surface area contributed by atoms with E-state index in [9.17, 15) is 13.6 Å². The number of nitrogens with two attached hydrogens (primary N) is 1. The highest BCUT2D eigenvalue weighted by Gasteiger charge is 2.25. The zero-order valence-electron chi connectivity index (χ0n) is 14.2. The van der Waals surface area contributed by atoms with E-state index < -0.39 is 12.3 Å². The van der Waals surface area contributed by atoms with Crippen LogP contribution in [0.1, 0.15) is 36.3 Å². The Hall–Kier alpha value is -2.48. The summed E-state index contributed by atoms with van der Waals surface area (Å²) in [6.07, 6.45) is -1.60. The lowest BCUT2D eigenvalue weighted by Gasteiger charge is -2.11. The monoisotopic (exact) mass is 352 g/mol. The smallest absolute Gasteiger partial charge is 0.280 e. The van der Waals surface area contributed by atoms with E-state index in [1.165, 1.54) is 10.9 Å². The van der Waals surface area contributed by atoms with Crippen molar-refractivity contribution >= 4 is 11.6 Å². The molecule has 1 amide bonds. The first kappa shape index (κ1) is 18.9. The molecule has 1 aromatic carbocycles. The number of nitrogens with zero attached hydrogens (tertiary/aromatic N) is 2. The van der Waals surface area contributed by atoms with Gasteiger partial charge in [-0.3, -0.25) is 9.48 Å². The number of alkyl halides is 2. The molecule has 0 atom stereocenters. The molecular weight excluding hydrogens is 330 g/mol. The topological polar surface area (TPSA) is 82.2 Å². The minimum absolute atomic E-state index is 0.126. The molecule has 0 bridgehead atoms. The Kier molecular flexibility index (Phi) is 6.46. The average molecular weight is 352 g/mol. The second kappa shape index (κ2) is 8.57. The zero-order valence-corrected chi connectivity index (χ0v) is 14.2. The summed E-state index contributed by atoms with van der Waals surface area (Å²) in [5.41, 5.74) is 5.34. The molecule has 6 nitrogen and oxygen atoms in total. The van der Waals surface area contributed by atoms with Crippen LogP contribution in [0.2, 0.25) is 0 Å². The first-order chi connectivity index (χ1) is 11.9. The van der Waals surface area contributed by atoms with Gasteiger partial charge in [0.15, 0.2) is 0 Å². The van der Waals surface area contributed by atoms with E-state index in [4.69, 9.17) is 10.5 Å². The molecule has 25 heavy (non-hydrogen) atoms. The maximum absolute atomic E-state index is 13.4. The number of halogens is 2. The maximum Gasteiger partial charge on any atom is 0.280 e. The molecule has 0 radical (unpaired) electrons. The van der Waals surface area contributed by atoms with E-state index in [-0.39, 0.29) is 17.2 Å². The SMILES string of the molecule is CC(C)Cn1ncc(C(=O)Nc2ccc(OCCN)cc2)c1C(F)F. The lowest BCUT2D eigenvalue weighted by atomic mass is 10.2. The van der Waals surface area contributed by atoms with Crippen molar-refractivity contribution in [3.63, 3.8) is 0 Å². The van der Waals surface area contributed by atoms with Gasteiger partial charge in [0, 0.05) is 18.8 Å². The van der Waals surface area contributed by atoms with Crippen LogP contribution >= 0.6 is 0 Å². The van der Waals surface area contributed by atoms with Crippen LogP contribution < -0.4 is 15.8 Å². The van der Waals surface area contributed by atoms with Gasteiger partial charge in [-0.05, 0) is 30.2 Å². The Labute approximate surface area is 145 Å². The summed E-state index contributed by atoms with van der Waals surface area (Å²) in [7, 11) is 0. The van der Waals surface area contributed by atoms with E-state index in [1.54, 1.807) is 24.3 Å². The Balaban J connectivity index is 2.13. The van der Waals surface area contributed by atoms with Crippen LogP contribution in [-0.2, 0) is 6.54 Å². The van der Waals surface area contributed by atoms with Gasteiger partial charge in [-0.2, -0.15) is 5.10 Å². The Morgan fingerprint density at radius 1 is 1.32 bits per heavy atom. The highest BCUT2D eigenvalue weighted by molar-refractivity contribution is 6.05. The number of carbonyl (C=O) groups is 1. The normalized spacial score (nSPS) is 11.2. The van der Waals surface area contributed by atoms with Gasteiger partial charge in [0.25, 0.3) is 12.3 Å². The summed E-state index contributed by atoms with van der Waals surface area (Å²) < 4.78 is 33.3. The Morgan fingerprint density at radius 3 is 2.56 bits per heavy atom. The number of anilines is 1. The zero-order chi connectivity index (χ0) is 18.4. The Morgan fingerprint density at radius 2 is 2.00 bits per heavy atom. The van der Waals surface area contributed by atoms with Gasteiger partial charge in [0.1, 0.15) is 18.1 Å². The van der Waals surface area contributed by atoms with Crippen LogP contribution in [0.5, 0.6) is 5.75 Å². The predicted molar refractivity (Wildman–Crippen MR) is 91.0 cm³/mol. The van der Waals surface area contributed by atoms with Crippen LogP contribution in [0.4, 0.5) is 14.5 Å². The van der Waals surface area contributed by atoms with Crippen LogP contribution in [0, 0.1) is 5.92 Å². The van der Waals surface area contributed by atoms with Crippen molar-refractivity contribution in [3.05, 3.63) is 41.7 Å². The first-order valence-electron chi connectivity index (χ1n) is 8.00. The molecule has 0 fully saturated rings. The number of nitrogens with one attached hydrogen (secondary N) is 1. The third-order valence-corrected chi connectivity index (χ3v) is 3.37. The summed E-state index contributed by atoms with van der Waals surface area (Å²) in [6.45, 7) is 4.89. The molecule has 0 aliphatic carbocycles. The molecule has 0 saturated heterocycles. The molecular formula is C17H22F2N4O2. The molecule has 1 heterocycles. The average Bonchev–Trinajstić information content (AvgIpc) is 2.97. The van der Waals surface area contributed by atoms with Gasteiger partial charge in [0.05, 0.1) is 11.8 Å². The van der Waals surface area contributed by atoms with E-state index in [1.807, 2.05) is 13.8 Å². The summed E-state index contributed by atoms with van der Waals surface area (Å²) in [6, 6.07) is 6.59. The Bertz CT molecular complexity index is 699. The van der Waals surface area contributed by atoms with Gasteiger partial charge in [-0.1, -0.05) is 13.8 Å². The van der Waals surface area contributed by atoms with Crippen molar-refractivity contribution in [2.45, 2.75) is 26.8 Å². The van der Waals surface area contributed by atoms with E-state index in [2.05, 4.69) is 10.4 Å². The van der Waals surface area contributed by atoms with Gasteiger partial charge >= 0.3 is 0 Å². The lowest BCUT2D eigenvalue weighted by Crippen LogP contribution is -2.16. The van der Waals surface area contributed by atoms with Crippen molar-refractivity contribution < 1.29 is 18.3 Å². The van der Waals surface area contributed by atoms with Crippen molar-refractivity contribution in [2.24, 2.45) is 11.7 Å². The highest BCUT2D eigenvalue weighted by Crippen LogP contribution is 2.25. The fourth-order valence-corrected chi connectivity index (χ4v) is 2.30. The fourth-order valence-electron chi connectivity index (χ4n) is 2.30. The number of ether oxygens (including phenoxy) is 1. The van der Waals surface area contributed by atoms with Crippen molar-refractivity contribution in [1.82, 2.24) is 9.78 Å². The van der Waals surface area contributed by atoms with E-state index >= 15 is 0 Å². The number of hydrogen-bond donors (Lipinski definition) is 2. The van der Waals surface area contributed by atoms with E-state index in [0.29, 0.717) is 31.1 Å². The van der Waals surface area contributed by atoms with Crippen LogP contribution in [-0.4, -0.2) is 28.8 Å². The second-order valence-electron chi connectivity index (χ2n) is 5.94. The number of amides is 1. The first-order valence-corrected chi connectivity index (χ1v) is 8.00. The molecule has 0 unspecified atom stereocenters. The van der Waals surface area contributed by atoms with Gasteiger partial charge in [-0.15, -0.1) is 0 Å². The van der Waals surface area contributed by atoms with Crippen molar-refractivity contribution in [1.29, 1.82) is 0 Å². The third-order valence-electron chi connectivity index (χ3n) is 3.37. The van der Waals surface area contributed by atoms with E-state index in [0.717, 1.165) is 0 Å². The summed E-state index contributed by atoms with van der Waals surface area (Å²) in [4.78, 5) is 12.3.